The monoisotopic (exact) mass is 668 g/mol. The largest absolute Gasteiger partial charge is 0.751 e. The van der Waals surface area contributed by atoms with Gasteiger partial charge < -0.3 is 10.4 Å². The van der Waals surface area contributed by atoms with Gasteiger partial charge in [0, 0.05) is 39.1 Å². The zero-order chi connectivity index (χ0) is 32.1. The Hall–Kier alpha value is -4.55. The van der Waals surface area contributed by atoms with Crippen molar-refractivity contribution in [3.63, 3.8) is 0 Å². The number of phenolic OH excluding ortho intramolecular Hbond substituents is 1. The van der Waals surface area contributed by atoms with Crippen molar-refractivity contribution < 1.29 is 36.3 Å². The lowest BCUT2D eigenvalue weighted by atomic mass is 10.1. The van der Waals surface area contributed by atoms with E-state index < -0.39 is 30.8 Å². The van der Waals surface area contributed by atoms with Gasteiger partial charge in [-0.2, -0.15) is 9.98 Å². The number of carbonyl (C=O) groups is 1. The molecular formula is C29H24FN5O7PS2+. The molecular weight excluding hydrogens is 644 g/mol. The van der Waals surface area contributed by atoms with Crippen LogP contribution in [-0.4, -0.2) is 49.6 Å². The van der Waals surface area contributed by atoms with E-state index in [1.165, 1.54) is 12.1 Å². The van der Waals surface area contributed by atoms with Gasteiger partial charge in [0.05, 0.1) is 12.1 Å². The molecule has 12 nitrogen and oxygen atoms in total. The SMILES string of the molecule is CN(CC(=O)Nc1ccc2sc(S(=O)(=O)NCO[P+](=O)Oc3ccc(C#N)c(F)c3)cc2c1)Cc1ccc(O)c2ncccc12. The van der Waals surface area contributed by atoms with Gasteiger partial charge in [0.1, 0.15) is 27.4 Å². The zero-order valence-electron chi connectivity index (χ0n) is 23.4. The van der Waals surface area contributed by atoms with Crippen LogP contribution < -0.4 is 14.6 Å². The van der Waals surface area contributed by atoms with Crippen LogP contribution in [0.3, 0.4) is 0 Å². The molecule has 0 aliphatic rings. The number of pyridine rings is 1. The molecule has 0 saturated carbocycles. The van der Waals surface area contributed by atoms with Crippen molar-refractivity contribution in [2.45, 2.75) is 10.8 Å². The van der Waals surface area contributed by atoms with Crippen molar-refractivity contribution in [1.29, 1.82) is 5.26 Å². The predicted octanol–water partition coefficient (Wildman–Crippen LogP) is 5.23. The fourth-order valence-corrected chi connectivity index (χ4v) is 7.25. The topological polar surface area (TPSA) is 171 Å². The summed E-state index contributed by atoms with van der Waals surface area (Å²) in [6.45, 7) is -0.179. The van der Waals surface area contributed by atoms with Crippen molar-refractivity contribution in [3.8, 4) is 17.6 Å². The average molecular weight is 669 g/mol. The Bertz CT molecular complexity index is 2090. The summed E-state index contributed by atoms with van der Waals surface area (Å²) < 4.78 is 63.9. The first-order valence-electron chi connectivity index (χ1n) is 13.1. The third-order valence-corrected chi connectivity index (χ3v) is 10.1. The van der Waals surface area contributed by atoms with Crippen LogP contribution in [-0.2, 0) is 30.5 Å². The number of nitrogens with zero attached hydrogens (tertiary/aromatic N) is 3. The molecule has 0 fully saturated rings. The van der Waals surface area contributed by atoms with Crippen LogP contribution in [0.1, 0.15) is 11.1 Å². The van der Waals surface area contributed by atoms with E-state index in [9.17, 15) is 27.3 Å². The second kappa shape index (κ2) is 13.6. The molecule has 3 aromatic carbocycles. The van der Waals surface area contributed by atoms with Crippen molar-refractivity contribution in [3.05, 3.63) is 89.9 Å². The van der Waals surface area contributed by atoms with E-state index >= 15 is 0 Å². The number of aromatic nitrogens is 1. The first-order valence-corrected chi connectivity index (χ1v) is 16.5. The first kappa shape index (κ1) is 31.9. The van der Waals surface area contributed by atoms with E-state index in [1.807, 2.05) is 11.0 Å². The molecule has 1 unspecified atom stereocenters. The van der Waals surface area contributed by atoms with Crippen molar-refractivity contribution in [2.75, 3.05) is 25.6 Å². The molecule has 16 heteroatoms. The number of phenols is 1. The predicted molar refractivity (Wildman–Crippen MR) is 166 cm³/mol. The van der Waals surface area contributed by atoms with Crippen LogP contribution in [0, 0.1) is 17.1 Å². The molecule has 230 valence electrons. The normalized spacial score (nSPS) is 11.9. The molecule has 0 bridgehead atoms. The highest BCUT2D eigenvalue weighted by atomic mass is 32.2. The number of hydrogen-bond acceptors (Lipinski definition) is 11. The Morgan fingerprint density at radius 2 is 2.00 bits per heavy atom. The van der Waals surface area contributed by atoms with Gasteiger partial charge in [-0.05, 0) is 66.5 Å². The average Bonchev–Trinajstić information content (AvgIpc) is 3.43. The molecule has 1 atom stereocenters. The maximum absolute atomic E-state index is 13.7. The van der Waals surface area contributed by atoms with E-state index in [-0.39, 0.29) is 33.7 Å². The lowest BCUT2D eigenvalue weighted by Crippen LogP contribution is -2.29. The Kier molecular flexibility index (Phi) is 9.64. The summed E-state index contributed by atoms with van der Waals surface area (Å²) in [5, 5.41) is 23.0. The Balaban J connectivity index is 1.15. The first-order chi connectivity index (χ1) is 21.5. The number of benzene rings is 3. The lowest BCUT2D eigenvalue weighted by Gasteiger charge is -2.18. The summed E-state index contributed by atoms with van der Waals surface area (Å²) in [5.74, 6) is -1.21. The molecule has 0 radical (unpaired) electrons. The number of hydrogen-bond donors (Lipinski definition) is 3. The molecule has 0 saturated heterocycles. The number of nitrogens with one attached hydrogen (secondary N) is 2. The Morgan fingerprint density at radius 1 is 1.18 bits per heavy atom. The summed E-state index contributed by atoms with van der Waals surface area (Å²) in [6.07, 6.45) is 1.60. The smallest absolute Gasteiger partial charge is 0.506 e. The number of halogens is 1. The van der Waals surface area contributed by atoms with Gasteiger partial charge in [0.2, 0.25) is 5.91 Å². The van der Waals surface area contributed by atoms with E-state index in [0.29, 0.717) is 27.8 Å². The molecule has 5 aromatic rings. The van der Waals surface area contributed by atoms with Crippen molar-refractivity contribution in [1.82, 2.24) is 14.6 Å². The van der Waals surface area contributed by atoms with Gasteiger partial charge in [0.25, 0.3) is 10.0 Å². The van der Waals surface area contributed by atoms with Crippen molar-refractivity contribution >= 4 is 62.2 Å². The fraction of sp³-hybridized carbons (Fsp3) is 0.138. The minimum atomic E-state index is -4.06. The number of fused-ring (bicyclic) bond motifs is 2. The highest BCUT2D eigenvalue weighted by molar-refractivity contribution is 7.91. The number of anilines is 1. The van der Waals surface area contributed by atoms with E-state index in [0.717, 1.165) is 34.4 Å². The molecule has 2 heterocycles. The Labute approximate surface area is 261 Å². The van der Waals surface area contributed by atoms with Crippen LogP contribution in [0.25, 0.3) is 21.0 Å². The van der Waals surface area contributed by atoms with Crippen LogP contribution in [0.2, 0.25) is 0 Å². The maximum atomic E-state index is 13.7. The van der Waals surface area contributed by atoms with Gasteiger partial charge in [0.15, 0.2) is 12.5 Å². The second-order valence-electron chi connectivity index (χ2n) is 9.67. The van der Waals surface area contributed by atoms with Crippen LogP contribution in [0.5, 0.6) is 11.5 Å². The van der Waals surface area contributed by atoms with Gasteiger partial charge in [-0.3, -0.25) is 14.7 Å². The molecule has 45 heavy (non-hydrogen) atoms. The second-order valence-corrected chi connectivity index (χ2v) is 13.6. The lowest BCUT2D eigenvalue weighted by molar-refractivity contribution is -0.117. The third-order valence-electron chi connectivity index (χ3n) is 6.39. The fourth-order valence-electron chi connectivity index (χ4n) is 4.36. The highest BCUT2D eigenvalue weighted by Gasteiger charge is 2.26. The number of carbonyl (C=O) groups excluding carboxylic acids is 1. The number of rotatable bonds is 12. The quantitative estimate of drug-likeness (QED) is 0.118. The molecule has 2 aromatic heterocycles. The summed E-state index contributed by atoms with van der Waals surface area (Å²) in [4.78, 5) is 18.8. The van der Waals surface area contributed by atoms with Crippen LogP contribution in [0.4, 0.5) is 10.1 Å². The number of nitriles is 1. The van der Waals surface area contributed by atoms with Gasteiger partial charge in [-0.1, -0.05) is 16.7 Å². The zero-order valence-corrected chi connectivity index (χ0v) is 26.0. The third kappa shape index (κ3) is 7.76. The molecule has 0 aliphatic carbocycles. The summed E-state index contributed by atoms with van der Waals surface area (Å²) in [5.41, 5.74) is 1.65. The standard InChI is InChI=1S/C29H23FN5O7PS2/c1-35(15-19-5-8-25(36)29-23(19)3-2-10-32-29)16-27(37)34-21-6-9-26-20(11-21)12-28(44-26)45(39,40)33-17-41-43(38)42-22-7-4-18(14-31)24(30)13-22/h2-13,33H,15-17H2,1H3,(H-,34,36,37)/p+1. The number of aromatic hydroxyl groups is 1. The minimum Gasteiger partial charge on any atom is -0.506 e. The minimum absolute atomic E-state index is 0.0368. The summed E-state index contributed by atoms with van der Waals surface area (Å²) >= 11 is 0.990. The highest BCUT2D eigenvalue weighted by Crippen LogP contribution is 2.32. The number of thiophene rings is 1. The van der Waals surface area contributed by atoms with E-state index in [4.69, 9.17) is 14.3 Å². The van der Waals surface area contributed by atoms with E-state index in [2.05, 4.69) is 15.0 Å². The molecule has 0 aliphatic heterocycles. The van der Waals surface area contributed by atoms with Gasteiger partial charge in [-0.25, -0.2) is 17.3 Å². The summed E-state index contributed by atoms with van der Waals surface area (Å²) in [6, 6.07) is 18.3. The maximum Gasteiger partial charge on any atom is 0.751 e. The van der Waals surface area contributed by atoms with Crippen molar-refractivity contribution in [2.24, 2.45) is 0 Å². The van der Waals surface area contributed by atoms with Crippen LogP contribution >= 0.6 is 19.6 Å². The molecule has 5 rings (SSSR count). The molecule has 1 amide bonds. The van der Waals surface area contributed by atoms with Gasteiger partial charge >= 0.3 is 8.25 Å². The van der Waals surface area contributed by atoms with Crippen LogP contribution in [0.15, 0.2) is 77.1 Å². The number of likely N-dealkylation sites (N-methyl/N-ethyl adjacent to an activating group) is 1. The number of amides is 1. The molecule has 3 N–H and O–H groups in total. The summed E-state index contributed by atoms with van der Waals surface area (Å²) in [7, 11) is -5.11. The Morgan fingerprint density at radius 3 is 2.78 bits per heavy atom. The molecule has 0 spiro atoms. The van der Waals surface area contributed by atoms with E-state index in [1.54, 1.807) is 55.7 Å². The van der Waals surface area contributed by atoms with Gasteiger partial charge in [-0.15, -0.1) is 11.3 Å². The number of sulfonamides is 1.